The lowest BCUT2D eigenvalue weighted by atomic mass is 9.43. The lowest BCUT2D eigenvalue weighted by Crippen LogP contribution is -2.58. The molecular weight excluding hydrogens is 348 g/mol. The largest absolute Gasteiger partial charge is 0.374 e. The molecule has 0 aromatic heterocycles. The Balaban J connectivity index is 1.32. The van der Waals surface area contributed by atoms with Gasteiger partial charge in [-0.05, 0) is 85.9 Å². The van der Waals surface area contributed by atoms with Gasteiger partial charge in [0.05, 0.1) is 18.8 Å². The van der Waals surface area contributed by atoms with Gasteiger partial charge in [-0.25, -0.2) is 0 Å². The summed E-state index contributed by atoms with van der Waals surface area (Å²) in [4.78, 5) is 0. The maximum atomic E-state index is 6.52. The van der Waals surface area contributed by atoms with Crippen molar-refractivity contribution in [2.75, 3.05) is 19.8 Å². The normalized spacial score (nSPS) is 54.7. The highest BCUT2D eigenvalue weighted by molar-refractivity contribution is 5.24. The predicted molar refractivity (Wildman–Crippen MR) is 109 cm³/mol. The zero-order valence-corrected chi connectivity index (χ0v) is 17.9. The Morgan fingerprint density at radius 2 is 1.64 bits per heavy atom. The van der Waals surface area contributed by atoms with Crippen LogP contribution >= 0.6 is 0 Å². The molecule has 156 valence electrons. The van der Waals surface area contributed by atoms with Gasteiger partial charge in [-0.15, -0.1) is 0 Å². The zero-order chi connectivity index (χ0) is 19.2. The maximum absolute atomic E-state index is 6.52. The smallest absolute Gasteiger partial charge is 0.168 e. The predicted octanol–water partition coefficient (Wildman–Crippen LogP) is 5.49. The third-order valence-corrected chi connectivity index (χ3v) is 10.8. The molecule has 2 saturated heterocycles. The molecule has 6 rings (SSSR count). The van der Waals surface area contributed by atoms with Crippen molar-refractivity contribution in [3.8, 4) is 0 Å². The molecular formula is C25H38O3. The van der Waals surface area contributed by atoms with Gasteiger partial charge in [0.2, 0.25) is 0 Å². The summed E-state index contributed by atoms with van der Waals surface area (Å²) in [6.45, 7) is 12.5. The third-order valence-electron chi connectivity index (χ3n) is 10.8. The molecule has 4 saturated carbocycles. The van der Waals surface area contributed by atoms with Crippen molar-refractivity contribution in [3.63, 3.8) is 0 Å². The van der Waals surface area contributed by atoms with Gasteiger partial charge in [0.1, 0.15) is 0 Å². The Labute approximate surface area is 170 Å². The Morgan fingerprint density at radius 3 is 2.39 bits per heavy atom. The van der Waals surface area contributed by atoms with Crippen molar-refractivity contribution in [1.82, 2.24) is 0 Å². The third kappa shape index (κ3) is 2.17. The fourth-order valence-electron chi connectivity index (χ4n) is 9.27. The van der Waals surface area contributed by atoms with Gasteiger partial charge in [-0.1, -0.05) is 26.0 Å². The van der Waals surface area contributed by atoms with Gasteiger partial charge < -0.3 is 14.2 Å². The van der Waals surface area contributed by atoms with Crippen molar-refractivity contribution in [3.05, 3.63) is 12.2 Å². The van der Waals surface area contributed by atoms with E-state index in [1.165, 1.54) is 51.4 Å². The van der Waals surface area contributed by atoms with Crippen LogP contribution in [-0.4, -0.2) is 31.2 Å². The highest BCUT2D eigenvalue weighted by atomic mass is 16.7. The summed E-state index contributed by atoms with van der Waals surface area (Å²) in [6, 6.07) is 0. The van der Waals surface area contributed by atoms with E-state index >= 15 is 0 Å². The summed E-state index contributed by atoms with van der Waals surface area (Å²) < 4.78 is 18.8. The van der Waals surface area contributed by atoms with Crippen molar-refractivity contribution in [2.45, 2.75) is 89.4 Å². The van der Waals surface area contributed by atoms with Gasteiger partial charge in [-0.2, -0.15) is 0 Å². The summed E-state index contributed by atoms with van der Waals surface area (Å²) in [5, 5.41) is 0. The fourth-order valence-corrected chi connectivity index (χ4v) is 9.27. The van der Waals surface area contributed by atoms with Gasteiger partial charge >= 0.3 is 0 Å². The molecule has 28 heavy (non-hydrogen) atoms. The van der Waals surface area contributed by atoms with E-state index in [0.717, 1.165) is 44.5 Å². The van der Waals surface area contributed by atoms with E-state index in [0.29, 0.717) is 22.7 Å². The van der Waals surface area contributed by atoms with E-state index in [2.05, 4.69) is 13.8 Å². The second-order valence-corrected chi connectivity index (χ2v) is 11.6. The molecule has 5 unspecified atom stereocenters. The summed E-state index contributed by atoms with van der Waals surface area (Å²) in [7, 11) is 0. The molecule has 0 amide bonds. The summed E-state index contributed by atoms with van der Waals surface area (Å²) >= 11 is 0. The van der Waals surface area contributed by atoms with Crippen LogP contribution in [0.5, 0.6) is 0 Å². The molecule has 2 spiro atoms. The Morgan fingerprint density at radius 1 is 0.857 bits per heavy atom. The molecule has 4 aliphatic carbocycles. The van der Waals surface area contributed by atoms with Crippen LogP contribution in [0, 0.1) is 34.5 Å². The van der Waals surface area contributed by atoms with E-state index in [1.807, 2.05) is 0 Å². The molecule has 0 aromatic rings. The first-order valence-electron chi connectivity index (χ1n) is 12.0. The van der Waals surface area contributed by atoms with E-state index in [4.69, 9.17) is 20.8 Å². The van der Waals surface area contributed by atoms with Crippen LogP contribution < -0.4 is 0 Å². The topological polar surface area (TPSA) is 27.7 Å². The quantitative estimate of drug-likeness (QED) is 0.515. The molecule has 2 heterocycles. The lowest BCUT2D eigenvalue weighted by Gasteiger charge is -2.63. The van der Waals surface area contributed by atoms with Gasteiger partial charge in [0, 0.05) is 19.4 Å². The molecule has 7 atom stereocenters. The molecule has 2 aliphatic heterocycles. The summed E-state index contributed by atoms with van der Waals surface area (Å²) in [5.41, 5.74) is 2.53. The highest BCUT2D eigenvalue weighted by Gasteiger charge is 2.67. The van der Waals surface area contributed by atoms with E-state index in [9.17, 15) is 0 Å². The number of allylic oxidation sites excluding steroid dienone is 1. The molecule has 3 heteroatoms. The monoisotopic (exact) mass is 386 g/mol. The Hall–Kier alpha value is -0.380. The van der Waals surface area contributed by atoms with Crippen molar-refractivity contribution >= 4 is 0 Å². The van der Waals surface area contributed by atoms with Crippen LogP contribution in [0.4, 0.5) is 0 Å². The second-order valence-electron chi connectivity index (χ2n) is 11.6. The van der Waals surface area contributed by atoms with Gasteiger partial charge in [0.25, 0.3) is 0 Å². The van der Waals surface area contributed by atoms with Crippen molar-refractivity contribution < 1.29 is 14.2 Å². The SMILES string of the molecule is C=C1CC2CC3(CC[C@]2(C)C2CC[C@@]4(C)C(CCC45CCCO5)C12)OCCO3. The number of hydrogen-bond acceptors (Lipinski definition) is 3. The molecule has 6 aliphatic rings. The van der Waals surface area contributed by atoms with Crippen molar-refractivity contribution in [2.24, 2.45) is 34.5 Å². The average molecular weight is 387 g/mol. The van der Waals surface area contributed by atoms with E-state index < -0.39 is 0 Å². The number of rotatable bonds is 0. The van der Waals surface area contributed by atoms with Crippen molar-refractivity contribution in [1.29, 1.82) is 0 Å². The molecule has 6 fully saturated rings. The first kappa shape index (κ1) is 18.4. The number of fused-ring (bicyclic) bond motifs is 6. The summed E-state index contributed by atoms with van der Waals surface area (Å²) in [5.74, 6) is 2.70. The minimum absolute atomic E-state index is 0.183. The standard InChI is InChI=1S/C25H38O3/c1-17-15-18-16-25(27-13-14-28-25)11-10-22(18,2)19-5-8-23(3)20(21(17)19)6-9-24(23)7-4-12-26-24/h18-21H,1,4-16H2,2-3H3/t18?,19?,20?,21?,22-,23-,24?/m0/s1. The molecule has 0 aromatic carbocycles. The van der Waals surface area contributed by atoms with Crippen LogP contribution in [0.1, 0.15) is 78.1 Å². The Bertz CT molecular complexity index is 673. The van der Waals surface area contributed by atoms with Gasteiger partial charge in [-0.3, -0.25) is 0 Å². The lowest BCUT2D eigenvalue weighted by molar-refractivity contribution is -0.226. The van der Waals surface area contributed by atoms with Crippen LogP contribution in [0.15, 0.2) is 12.2 Å². The first-order chi connectivity index (χ1) is 13.4. The van der Waals surface area contributed by atoms with Crippen LogP contribution in [-0.2, 0) is 14.2 Å². The number of hydrogen-bond donors (Lipinski definition) is 0. The minimum Gasteiger partial charge on any atom is -0.374 e. The highest BCUT2D eigenvalue weighted by Crippen LogP contribution is 2.71. The van der Waals surface area contributed by atoms with Crippen LogP contribution in [0.2, 0.25) is 0 Å². The van der Waals surface area contributed by atoms with E-state index in [1.54, 1.807) is 5.57 Å². The fraction of sp³-hybridized carbons (Fsp3) is 0.920. The average Bonchev–Trinajstić information content (AvgIpc) is 3.39. The summed E-state index contributed by atoms with van der Waals surface area (Å²) in [6.07, 6.45) is 12.5. The second kappa shape index (κ2) is 5.86. The maximum Gasteiger partial charge on any atom is 0.168 e. The van der Waals surface area contributed by atoms with E-state index in [-0.39, 0.29) is 11.4 Å². The number of ether oxygens (including phenoxy) is 3. The Kier molecular flexibility index (Phi) is 3.85. The van der Waals surface area contributed by atoms with Gasteiger partial charge in [0.15, 0.2) is 5.79 Å². The van der Waals surface area contributed by atoms with Crippen LogP contribution in [0.3, 0.4) is 0 Å². The minimum atomic E-state index is -0.268. The molecule has 0 bridgehead atoms. The zero-order valence-electron chi connectivity index (χ0n) is 17.9. The molecule has 3 nitrogen and oxygen atoms in total. The molecule has 0 N–H and O–H groups in total. The first-order valence-corrected chi connectivity index (χ1v) is 12.0. The molecule has 0 radical (unpaired) electrons. The van der Waals surface area contributed by atoms with Crippen LogP contribution in [0.25, 0.3) is 0 Å².